The molecule has 0 fully saturated rings. The average molecular weight is 263 g/mol. The van der Waals surface area contributed by atoms with Gasteiger partial charge in [0.1, 0.15) is 5.75 Å². The number of benzene rings is 1. The summed E-state index contributed by atoms with van der Waals surface area (Å²) in [6.45, 7) is 10.5. The number of rotatable bonds is 9. The maximum absolute atomic E-state index is 5.97. The van der Waals surface area contributed by atoms with Gasteiger partial charge in [0.2, 0.25) is 0 Å². The van der Waals surface area contributed by atoms with Crippen LogP contribution in [0.25, 0.3) is 0 Å². The molecule has 1 rings (SSSR count). The highest BCUT2D eigenvalue weighted by molar-refractivity contribution is 5.38. The minimum absolute atomic E-state index is 0.343. The van der Waals surface area contributed by atoms with Crippen LogP contribution in [-0.2, 0) is 0 Å². The zero-order valence-corrected chi connectivity index (χ0v) is 13.0. The van der Waals surface area contributed by atoms with E-state index in [0.29, 0.717) is 6.04 Å². The molecule has 0 aliphatic carbocycles. The van der Waals surface area contributed by atoms with Gasteiger partial charge in [0.15, 0.2) is 0 Å². The monoisotopic (exact) mass is 263 g/mol. The first-order chi connectivity index (χ1) is 9.19. The minimum atomic E-state index is 0.343. The van der Waals surface area contributed by atoms with Gasteiger partial charge in [-0.15, -0.1) is 0 Å². The number of hydrogen-bond donors (Lipinski definition) is 1. The second-order valence-corrected chi connectivity index (χ2v) is 5.23. The van der Waals surface area contributed by atoms with Crippen molar-refractivity contribution in [2.24, 2.45) is 0 Å². The summed E-state index contributed by atoms with van der Waals surface area (Å²) in [6, 6.07) is 6.81. The molecule has 0 bridgehead atoms. The second kappa shape index (κ2) is 8.98. The summed E-state index contributed by atoms with van der Waals surface area (Å²) in [5.41, 5.74) is 2.57. The summed E-state index contributed by atoms with van der Waals surface area (Å²) in [6.07, 6.45) is 4.99. The third-order valence-corrected chi connectivity index (χ3v) is 3.40. The maximum atomic E-state index is 5.97. The van der Waals surface area contributed by atoms with Crippen molar-refractivity contribution in [1.82, 2.24) is 5.32 Å². The van der Waals surface area contributed by atoms with Gasteiger partial charge in [-0.05, 0) is 32.9 Å². The van der Waals surface area contributed by atoms with Crippen molar-refractivity contribution >= 4 is 0 Å². The SMILES string of the molecule is CCCCCCOc1ccc(C)cc1C(C)NCC. The van der Waals surface area contributed by atoms with E-state index in [9.17, 15) is 0 Å². The highest BCUT2D eigenvalue weighted by Crippen LogP contribution is 2.26. The molecule has 1 aromatic carbocycles. The molecule has 0 aromatic heterocycles. The molecule has 2 nitrogen and oxygen atoms in total. The first kappa shape index (κ1) is 16.0. The Bertz CT molecular complexity index is 362. The zero-order valence-electron chi connectivity index (χ0n) is 13.0. The predicted molar refractivity (Wildman–Crippen MR) is 82.9 cm³/mol. The molecule has 1 unspecified atom stereocenters. The van der Waals surface area contributed by atoms with E-state index in [1.807, 2.05) is 0 Å². The van der Waals surface area contributed by atoms with Crippen LogP contribution in [0.4, 0.5) is 0 Å². The van der Waals surface area contributed by atoms with E-state index in [4.69, 9.17) is 4.74 Å². The Kier molecular flexibility index (Phi) is 7.57. The first-order valence-corrected chi connectivity index (χ1v) is 7.65. The van der Waals surface area contributed by atoms with E-state index in [2.05, 4.69) is 51.2 Å². The van der Waals surface area contributed by atoms with Crippen LogP contribution < -0.4 is 10.1 Å². The van der Waals surface area contributed by atoms with Crippen molar-refractivity contribution in [2.75, 3.05) is 13.2 Å². The van der Waals surface area contributed by atoms with Gasteiger partial charge in [-0.2, -0.15) is 0 Å². The normalized spacial score (nSPS) is 12.4. The molecule has 1 N–H and O–H groups in total. The van der Waals surface area contributed by atoms with Gasteiger partial charge < -0.3 is 10.1 Å². The predicted octanol–water partition coefficient (Wildman–Crippen LogP) is 4.62. The topological polar surface area (TPSA) is 21.3 Å². The fourth-order valence-corrected chi connectivity index (χ4v) is 2.26. The van der Waals surface area contributed by atoms with E-state index in [-0.39, 0.29) is 0 Å². The van der Waals surface area contributed by atoms with Crippen molar-refractivity contribution < 1.29 is 4.74 Å². The highest BCUT2D eigenvalue weighted by atomic mass is 16.5. The molecule has 0 heterocycles. The van der Waals surface area contributed by atoms with Gasteiger partial charge in [-0.3, -0.25) is 0 Å². The van der Waals surface area contributed by atoms with Crippen LogP contribution in [0.15, 0.2) is 18.2 Å². The quantitative estimate of drug-likeness (QED) is 0.656. The number of ether oxygens (including phenoxy) is 1. The molecule has 1 atom stereocenters. The highest BCUT2D eigenvalue weighted by Gasteiger charge is 2.10. The van der Waals surface area contributed by atoms with Gasteiger partial charge >= 0.3 is 0 Å². The molecular weight excluding hydrogens is 234 g/mol. The molecule has 0 radical (unpaired) electrons. The number of unbranched alkanes of at least 4 members (excludes halogenated alkanes) is 3. The number of nitrogens with one attached hydrogen (secondary N) is 1. The Balaban J connectivity index is 2.60. The Morgan fingerprint density at radius 2 is 1.95 bits per heavy atom. The van der Waals surface area contributed by atoms with E-state index < -0.39 is 0 Å². The average Bonchev–Trinajstić information content (AvgIpc) is 2.40. The summed E-state index contributed by atoms with van der Waals surface area (Å²) in [4.78, 5) is 0. The van der Waals surface area contributed by atoms with Crippen molar-refractivity contribution in [2.45, 2.75) is 59.4 Å². The van der Waals surface area contributed by atoms with Crippen LogP contribution in [0.3, 0.4) is 0 Å². The summed E-state index contributed by atoms with van der Waals surface area (Å²) in [7, 11) is 0. The molecule has 0 saturated heterocycles. The fourth-order valence-electron chi connectivity index (χ4n) is 2.26. The molecule has 0 spiro atoms. The van der Waals surface area contributed by atoms with Crippen molar-refractivity contribution in [3.8, 4) is 5.75 Å². The van der Waals surface area contributed by atoms with Crippen LogP contribution in [0.1, 0.15) is 63.6 Å². The van der Waals surface area contributed by atoms with Crippen molar-refractivity contribution in [1.29, 1.82) is 0 Å². The van der Waals surface area contributed by atoms with E-state index in [1.54, 1.807) is 0 Å². The standard InChI is InChI=1S/C17H29NO/c1-5-7-8-9-12-19-17-11-10-14(3)13-16(17)15(4)18-6-2/h10-11,13,15,18H,5-9,12H2,1-4H3. The van der Waals surface area contributed by atoms with Crippen LogP contribution in [-0.4, -0.2) is 13.2 Å². The summed E-state index contributed by atoms with van der Waals surface area (Å²) in [5.74, 6) is 1.04. The van der Waals surface area contributed by atoms with Gasteiger partial charge in [0.05, 0.1) is 6.61 Å². The van der Waals surface area contributed by atoms with Gasteiger partial charge in [0, 0.05) is 11.6 Å². The lowest BCUT2D eigenvalue weighted by molar-refractivity contribution is 0.299. The lowest BCUT2D eigenvalue weighted by atomic mass is 10.0. The Hall–Kier alpha value is -1.02. The largest absolute Gasteiger partial charge is 0.493 e. The van der Waals surface area contributed by atoms with Crippen molar-refractivity contribution in [3.05, 3.63) is 29.3 Å². The summed E-state index contributed by atoms with van der Waals surface area (Å²) >= 11 is 0. The molecule has 0 aliphatic heterocycles. The summed E-state index contributed by atoms with van der Waals surface area (Å²) < 4.78 is 5.97. The van der Waals surface area contributed by atoms with Crippen molar-refractivity contribution in [3.63, 3.8) is 0 Å². The molecule has 108 valence electrons. The zero-order chi connectivity index (χ0) is 14.1. The molecule has 0 amide bonds. The third kappa shape index (κ3) is 5.65. The van der Waals surface area contributed by atoms with Gasteiger partial charge in [-0.1, -0.05) is 50.8 Å². The van der Waals surface area contributed by atoms with Crippen LogP contribution in [0.5, 0.6) is 5.75 Å². The number of aryl methyl sites for hydroxylation is 1. The van der Waals surface area contributed by atoms with E-state index in [1.165, 1.54) is 30.4 Å². The van der Waals surface area contributed by atoms with Crippen LogP contribution in [0.2, 0.25) is 0 Å². The summed E-state index contributed by atoms with van der Waals surface area (Å²) in [5, 5.41) is 3.46. The smallest absolute Gasteiger partial charge is 0.124 e. The molecule has 0 saturated carbocycles. The molecule has 0 aliphatic rings. The Morgan fingerprint density at radius 3 is 2.63 bits per heavy atom. The maximum Gasteiger partial charge on any atom is 0.124 e. The first-order valence-electron chi connectivity index (χ1n) is 7.65. The molecule has 2 heteroatoms. The van der Waals surface area contributed by atoms with Crippen LogP contribution >= 0.6 is 0 Å². The minimum Gasteiger partial charge on any atom is -0.493 e. The Morgan fingerprint density at radius 1 is 1.16 bits per heavy atom. The number of hydrogen-bond acceptors (Lipinski definition) is 2. The molecule has 1 aromatic rings. The second-order valence-electron chi connectivity index (χ2n) is 5.23. The Labute approximate surface area is 118 Å². The van der Waals surface area contributed by atoms with E-state index >= 15 is 0 Å². The lowest BCUT2D eigenvalue weighted by Crippen LogP contribution is -2.18. The third-order valence-electron chi connectivity index (χ3n) is 3.40. The lowest BCUT2D eigenvalue weighted by Gasteiger charge is -2.18. The molecular formula is C17H29NO. The fraction of sp³-hybridized carbons (Fsp3) is 0.647. The molecule has 19 heavy (non-hydrogen) atoms. The van der Waals surface area contributed by atoms with Crippen LogP contribution in [0, 0.1) is 6.92 Å². The van der Waals surface area contributed by atoms with Gasteiger partial charge in [0.25, 0.3) is 0 Å². The van der Waals surface area contributed by atoms with Gasteiger partial charge in [-0.25, -0.2) is 0 Å². The van der Waals surface area contributed by atoms with E-state index in [0.717, 1.165) is 25.3 Å².